The molecule has 0 saturated heterocycles. The molecule has 1 rings (SSSR count). The first-order valence-corrected chi connectivity index (χ1v) is 3.69. The third kappa shape index (κ3) is 1.26. The Bertz CT molecular complexity index is 211. The molecule has 0 bridgehead atoms. The molecule has 0 N–H and O–H groups in total. The first-order valence-electron chi connectivity index (χ1n) is 3.31. The summed E-state index contributed by atoms with van der Waals surface area (Å²) in [6.45, 7) is 0. The minimum Gasteiger partial charge on any atom is -0.317 e. The van der Waals surface area contributed by atoms with Crippen molar-refractivity contribution in [3.05, 3.63) is 0 Å². The van der Waals surface area contributed by atoms with Gasteiger partial charge in [0.05, 0.1) is 0 Å². The van der Waals surface area contributed by atoms with Crippen LogP contribution in [0.2, 0.25) is 0 Å². The predicted octanol–water partition coefficient (Wildman–Crippen LogP) is 2.37. The van der Waals surface area contributed by atoms with E-state index in [-0.39, 0.29) is 12.8 Å². The molecule has 6 heteroatoms. The molecule has 1 amide bonds. The first kappa shape index (κ1) is 9.64. The van der Waals surface area contributed by atoms with Gasteiger partial charge < -0.3 is 4.90 Å². The van der Waals surface area contributed by atoms with Gasteiger partial charge >= 0.3 is 11.5 Å². The topological polar surface area (TPSA) is 20.3 Å². The van der Waals surface area contributed by atoms with Gasteiger partial charge in [0, 0.05) is 7.05 Å². The Labute approximate surface area is 72.3 Å². The van der Waals surface area contributed by atoms with Crippen LogP contribution in [0.25, 0.3) is 0 Å². The molecule has 1 aliphatic carbocycles. The molecule has 0 heterocycles. The maximum absolute atomic E-state index is 12.3. The molecule has 1 aliphatic rings. The summed E-state index contributed by atoms with van der Waals surface area (Å²) in [6.07, 6.45) is -4.47. The molecular weight excluding hydrogens is 195 g/mol. The highest BCUT2D eigenvalue weighted by atomic mass is 35.5. The number of carbonyl (C=O) groups is 1. The van der Waals surface area contributed by atoms with Crippen molar-refractivity contribution < 1.29 is 18.0 Å². The summed E-state index contributed by atoms with van der Waals surface area (Å²) in [6, 6.07) is 0. The monoisotopic (exact) mass is 201 g/mol. The molecule has 12 heavy (non-hydrogen) atoms. The van der Waals surface area contributed by atoms with E-state index in [9.17, 15) is 18.0 Å². The Kier molecular flexibility index (Phi) is 2.02. The second kappa shape index (κ2) is 2.52. The third-order valence-electron chi connectivity index (χ3n) is 2.16. The average Bonchev–Trinajstić information content (AvgIpc) is 2.62. The van der Waals surface area contributed by atoms with Gasteiger partial charge in [-0.25, -0.2) is 0 Å². The smallest absolute Gasteiger partial charge is 0.317 e. The number of hydrogen-bond donors (Lipinski definition) is 0. The first-order chi connectivity index (χ1) is 5.31. The van der Waals surface area contributed by atoms with Crippen molar-refractivity contribution in [3.63, 3.8) is 0 Å². The van der Waals surface area contributed by atoms with E-state index in [1.54, 1.807) is 0 Å². The molecule has 0 radical (unpaired) electrons. The van der Waals surface area contributed by atoms with Crippen LogP contribution in [0, 0.1) is 0 Å². The van der Waals surface area contributed by atoms with Crippen LogP contribution in [-0.2, 0) is 0 Å². The number of hydrogen-bond acceptors (Lipinski definition) is 1. The molecule has 0 spiro atoms. The van der Waals surface area contributed by atoms with E-state index in [1.165, 1.54) is 0 Å². The fourth-order valence-corrected chi connectivity index (χ4v) is 1.26. The van der Waals surface area contributed by atoms with E-state index in [4.69, 9.17) is 11.6 Å². The Morgan fingerprint density at radius 2 is 1.92 bits per heavy atom. The molecule has 1 saturated carbocycles. The third-order valence-corrected chi connectivity index (χ3v) is 2.41. The van der Waals surface area contributed by atoms with E-state index in [1.807, 2.05) is 0 Å². The van der Waals surface area contributed by atoms with Gasteiger partial charge in [0.25, 0.3) is 0 Å². The van der Waals surface area contributed by atoms with Crippen molar-refractivity contribution in [3.8, 4) is 0 Å². The largest absolute Gasteiger partial charge is 0.411 e. The summed E-state index contributed by atoms with van der Waals surface area (Å²) >= 11 is 4.95. The minimum atomic E-state index is -4.37. The van der Waals surface area contributed by atoms with E-state index >= 15 is 0 Å². The number of alkyl halides is 3. The van der Waals surface area contributed by atoms with Crippen LogP contribution in [0.3, 0.4) is 0 Å². The normalized spacial score (nSPS) is 20.4. The lowest BCUT2D eigenvalue weighted by Gasteiger charge is -2.27. The highest BCUT2D eigenvalue weighted by Gasteiger charge is 2.67. The Hall–Kier alpha value is -0.450. The minimum absolute atomic E-state index is 0.0501. The zero-order chi connectivity index (χ0) is 9.57. The van der Waals surface area contributed by atoms with Crippen LogP contribution in [0.1, 0.15) is 12.8 Å². The Morgan fingerprint density at radius 3 is 2.00 bits per heavy atom. The SMILES string of the molecule is CN(C(=O)Cl)C1(C(F)(F)F)CC1. The Morgan fingerprint density at radius 1 is 1.50 bits per heavy atom. The fourth-order valence-electron chi connectivity index (χ4n) is 1.10. The summed E-state index contributed by atoms with van der Waals surface area (Å²) in [4.78, 5) is 11.0. The predicted molar refractivity (Wildman–Crippen MR) is 37.0 cm³/mol. The summed E-state index contributed by atoms with van der Waals surface area (Å²) in [7, 11) is 1.07. The fraction of sp³-hybridized carbons (Fsp3) is 0.833. The van der Waals surface area contributed by atoms with Gasteiger partial charge in [-0.2, -0.15) is 13.2 Å². The second-order valence-electron chi connectivity index (χ2n) is 2.84. The average molecular weight is 202 g/mol. The molecule has 2 nitrogen and oxygen atoms in total. The lowest BCUT2D eigenvalue weighted by atomic mass is 10.2. The summed E-state index contributed by atoms with van der Waals surface area (Å²) < 4.78 is 36.8. The van der Waals surface area contributed by atoms with E-state index in [2.05, 4.69) is 0 Å². The second-order valence-corrected chi connectivity index (χ2v) is 3.16. The molecule has 0 aromatic heterocycles. The van der Waals surface area contributed by atoms with Gasteiger partial charge in [-0.15, -0.1) is 0 Å². The van der Waals surface area contributed by atoms with E-state index in [0.29, 0.717) is 4.90 Å². The summed E-state index contributed by atoms with van der Waals surface area (Å²) in [5.74, 6) is 0. The van der Waals surface area contributed by atoms with Crippen molar-refractivity contribution >= 4 is 17.0 Å². The molecule has 1 fully saturated rings. The molecule has 0 aliphatic heterocycles. The number of rotatable bonds is 1. The number of amides is 1. The number of nitrogens with zero attached hydrogens (tertiary/aromatic N) is 1. The highest BCUT2D eigenvalue weighted by Crippen LogP contribution is 2.53. The van der Waals surface area contributed by atoms with Crippen LogP contribution >= 0.6 is 11.6 Å². The quantitative estimate of drug-likeness (QED) is 0.471. The van der Waals surface area contributed by atoms with Gasteiger partial charge in [-0.05, 0) is 24.4 Å². The lowest BCUT2D eigenvalue weighted by Crippen LogP contribution is -2.47. The maximum atomic E-state index is 12.3. The van der Waals surface area contributed by atoms with Crippen molar-refractivity contribution in [1.82, 2.24) is 4.90 Å². The van der Waals surface area contributed by atoms with Crippen LogP contribution < -0.4 is 0 Å². The zero-order valence-corrected chi connectivity index (χ0v) is 7.04. The summed E-state index contributed by atoms with van der Waals surface area (Å²) in [5.41, 5.74) is -1.98. The Balaban J connectivity index is 2.80. The number of carbonyl (C=O) groups excluding carboxylic acids is 1. The van der Waals surface area contributed by atoms with Crippen molar-refractivity contribution in [2.24, 2.45) is 0 Å². The molecular formula is C6H7ClF3NO. The van der Waals surface area contributed by atoms with Crippen molar-refractivity contribution in [2.45, 2.75) is 24.6 Å². The molecule has 0 unspecified atom stereocenters. The lowest BCUT2D eigenvalue weighted by molar-refractivity contribution is -0.183. The van der Waals surface area contributed by atoms with Gasteiger partial charge in [0.1, 0.15) is 5.54 Å². The van der Waals surface area contributed by atoms with Gasteiger partial charge in [-0.1, -0.05) is 0 Å². The standard InChI is InChI=1S/C6H7ClF3NO/c1-11(4(7)12)5(2-3-5)6(8,9)10/h2-3H2,1H3. The molecule has 0 aromatic carbocycles. The highest BCUT2D eigenvalue weighted by molar-refractivity contribution is 6.62. The maximum Gasteiger partial charge on any atom is 0.411 e. The van der Waals surface area contributed by atoms with Crippen LogP contribution in [-0.4, -0.2) is 29.0 Å². The van der Waals surface area contributed by atoms with Gasteiger partial charge in [0.15, 0.2) is 0 Å². The van der Waals surface area contributed by atoms with E-state index in [0.717, 1.165) is 7.05 Å². The van der Waals surface area contributed by atoms with Crippen LogP contribution in [0.5, 0.6) is 0 Å². The van der Waals surface area contributed by atoms with Crippen LogP contribution in [0.15, 0.2) is 0 Å². The van der Waals surface area contributed by atoms with E-state index < -0.39 is 17.1 Å². The molecule has 0 atom stereocenters. The summed E-state index contributed by atoms with van der Waals surface area (Å²) in [5, 5.41) is -1.06. The van der Waals surface area contributed by atoms with Gasteiger partial charge in [0.2, 0.25) is 0 Å². The number of halogens is 4. The molecule has 70 valence electrons. The van der Waals surface area contributed by atoms with Gasteiger partial charge in [-0.3, -0.25) is 4.79 Å². The zero-order valence-electron chi connectivity index (χ0n) is 6.28. The van der Waals surface area contributed by atoms with Crippen molar-refractivity contribution in [2.75, 3.05) is 7.05 Å². The molecule has 0 aromatic rings. The van der Waals surface area contributed by atoms with Crippen LogP contribution in [0.4, 0.5) is 18.0 Å². The van der Waals surface area contributed by atoms with Crippen molar-refractivity contribution in [1.29, 1.82) is 0 Å².